The fraction of sp³-hybridized carbons (Fsp3) is 0.333. The van der Waals surface area contributed by atoms with Crippen LogP contribution >= 0.6 is 0 Å². The van der Waals surface area contributed by atoms with Gasteiger partial charge in [0, 0.05) is 24.2 Å². The summed E-state index contributed by atoms with van der Waals surface area (Å²) in [6, 6.07) is 15.4. The lowest BCUT2D eigenvalue weighted by Gasteiger charge is -2.37. The van der Waals surface area contributed by atoms with Crippen LogP contribution in [-0.4, -0.2) is 54.2 Å². The van der Waals surface area contributed by atoms with Crippen LogP contribution < -0.4 is 4.74 Å². The zero-order valence-electron chi connectivity index (χ0n) is 17.8. The molecule has 1 aliphatic rings. The first-order chi connectivity index (χ1) is 15.0. The number of rotatable bonds is 6. The van der Waals surface area contributed by atoms with Crippen molar-refractivity contribution in [1.82, 2.24) is 15.0 Å². The number of methoxy groups -OCH3 is 1. The molecule has 162 valence electrons. The number of likely N-dealkylation sites (tertiary alicyclic amines) is 1. The monoisotopic (exact) mass is 423 g/mol. The Balaban J connectivity index is 1.57. The Bertz CT molecular complexity index is 1010. The van der Waals surface area contributed by atoms with E-state index < -0.39 is 0 Å². The van der Waals surface area contributed by atoms with Crippen LogP contribution in [0.4, 0.5) is 4.39 Å². The van der Waals surface area contributed by atoms with Gasteiger partial charge in [-0.2, -0.15) is 0 Å². The molecule has 0 bridgehead atoms. The van der Waals surface area contributed by atoms with Gasteiger partial charge in [-0.15, -0.1) is 0 Å². The Hall–Kier alpha value is -3.19. The number of aromatic nitrogens is 1. The molecule has 1 fully saturated rings. The topological polar surface area (TPSA) is 58.8 Å². The van der Waals surface area contributed by atoms with Crippen LogP contribution in [-0.2, 0) is 6.54 Å². The van der Waals surface area contributed by atoms with Crippen molar-refractivity contribution in [2.75, 3.05) is 27.2 Å². The largest absolute Gasteiger partial charge is 0.497 e. The molecule has 0 spiro atoms. The lowest BCUT2D eigenvalue weighted by atomic mass is 10.0. The zero-order valence-corrected chi connectivity index (χ0v) is 17.8. The molecule has 2 heterocycles. The van der Waals surface area contributed by atoms with Crippen molar-refractivity contribution in [3.05, 3.63) is 71.7 Å². The Morgan fingerprint density at radius 1 is 1.16 bits per heavy atom. The van der Waals surface area contributed by atoms with Gasteiger partial charge in [-0.25, -0.2) is 4.39 Å². The van der Waals surface area contributed by atoms with E-state index in [1.807, 2.05) is 29.2 Å². The van der Waals surface area contributed by atoms with Crippen molar-refractivity contribution in [2.24, 2.45) is 0 Å². The smallest absolute Gasteiger partial charge is 0.293 e. The maximum atomic E-state index is 13.4. The highest BCUT2D eigenvalue weighted by molar-refractivity contribution is 5.92. The van der Waals surface area contributed by atoms with Crippen LogP contribution in [0.3, 0.4) is 0 Å². The van der Waals surface area contributed by atoms with Gasteiger partial charge in [-0.05, 0) is 74.9 Å². The number of amides is 1. The van der Waals surface area contributed by atoms with Crippen molar-refractivity contribution in [3.8, 4) is 17.0 Å². The predicted octanol–water partition coefficient (Wildman–Crippen LogP) is 4.23. The number of carbonyl (C=O) groups excluding carboxylic acids is 1. The van der Waals surface area contributed by atoms with E-state index in [1.54, 1.807) is 25.3 Å². The van der Waals surface area contributed by atoms with Crippen LogP contribution in [0.1, 0.15) is 29.0 Å². The Kier molecular flexibility index (Phi) is 6.32. The van der Waals surface area contributed by atoms with Gasteiger partial charge < -0.3 is 19.1 Å². The lowest BCUT2D eigenvalue weighted by molar-refractivity contribution is 0.0529. The van der Waals surface area contributed by atoms with Gasteiger partial charge in [-0.1, -0.05) is 17.3 Å². The molecule has 0 radical (unpaired) electrons. The number of piperidine rings is 1. The van der Waals surface area contributed by atoms with Gasteiger partial charge in [0.25, 0.3) is 5.91 Å². The number of halogens is 1. The minimum atomic E-state index is -0.323. The highest BCUT2D eigenvalue weighted by Crippen LogP contribution is 2.25. The predicted molar refractivity (Wildman–Crippen MR) is 115 cm³/mol. The average molecular weight is 423 g/mol. The minimum Gasteiger partial charge on any atom is -0.497 e. The van der Waals surface area contributed by atoms with Gasteiger partial charge in [0.2, 0.25) is 5.76 Å². The number of carbonyl (C=O) groups is 1. The van der Waals surface area contributed by atoms with Gasteiger partial charge in [-0.3, -0.25) is 4.79 Å². The Morgan fingerprint density at radius 3 is 2.48 bits per heavy atom. The van der Waals surface area contributed by atoms with Crippen molar-refractivity contribution < 1.29 is 18.4 Å². The second kappa shape index (κ2) is 9.31. The summed E-state index contributed by atoms with van der Waals surface area (Å²) in [5, 5.41) is 4.04. The van der Waals surface area contributed by atoms with Gasteiger partial charge in [0.05, 0.1) is 7.11 Å². The fourth-order valence-electron chi connectivity index (χ4n) is 3.88. The SMILES string of the molecule is COc1ccc(CN(C(=O)c2cc(-c3ccc(F)cc3)no2)C2CCN(C)CC2)cc1. The quantitative estimate of drug-likeness (QED) is 0.594. The summed E-state index contributed by atoms with van der Waals surface area (Å²) < 4.78 is 23.9. The third-order valence-corrected chi connectivity index (χ3v) is 5.76. The average Bonchev–Trinajstić information content (AvgIpc) is 3.29. The van der Waals surface area contributed by atoms with E-state index in [9.17, 15) is 9.18 Å². The third kappa shape index (κ3) is 4.94. The molecule has 7 heteroatoms. The Morgan fingerprint density at radius 2 is 1.84 bits per heavy atom. The normalized spacial score (nSPS) is 15.1. The summed E-state index contributed by atoms with van der Waals surface area (Å²) in [6.07, 6.45) is 1.80. The van der Waals surface area contributed by atoms with Crippen LogP contribution in [0.25, 0.3) is 11.3 Å². The van der Waals surface area contributed by atoms with E-state index >= 15 is 0 Å². The van der Waals surface area contributed by atoms with Crippen molar-refractivity contribution in [3.63, 3.8) is 0 Å². The molecule has 31 heavy (non-hydrogen) atoms. The van der Waals surface area contributed by atoms with Gasteiger partial charge in [0.1, 0.15) is 17.3 Å². The second-order valence-corrected chi connectivity index (χ2v) is 7.90. The molecule has 0 N–H and O–H groups in total. The molecule has 0 aliphatic carbocycles. The summed E-state index contributed by atoms with van der Waals surface area (Å²) in [6.45, 7) is 2.35. The molecule has 1 aromatic heterocycles. The highest BCUT2D eigenvalue weighted by Gasteiger charge is 2.30. The third-order valence-electron chi connectivity index (χ3n) is 5.76. The van der Waals surface area contributed by atoms with Crippen LogP contribution in [0.5, 0.6) is 5.75 Å². The zero-order chi connectivity index (χ0) is 21.8. The first-order valence-corrected chi connectivity index (χ1v) is 10.4. The molecule has 0 saturated carbocycles. The fourth-order valence-corrected chi connectivity index (χ4v) is 3.88. The van der Waals surface area contributed by atoms with E-state index in [1.165, 1.54) is 12.1 Å². The summed E-state index contributed by atoms with van der Waals surface area (Å²) >= 11 is 0. The van der Waals surface area contributed by atoms with Crippen molar-refractivity contribution in [2.45, 2.75) is 25.4 Å². The number of hydrogen-bond donors (Lipinski definition) is 0. The van der Waals surface area contributed by atoms with Gasteiger partial charge in [0.15, 0.2) is 0 Å². The van der Waals surface area contributed by atoms with Crippen LogP contribution in [0.2, 0.25) is 0 Å². The maximum absolute atomic E-state index is 13.4. The first-order valence-electron chi connectivity index (χ1n) is 10.4. The molecule has 6 nitrogen and oxygen atoms in total. The highest BCUT2D eigenvalue weighted by atomic mass is 19.1. The molecule has 1 aliphatic heterocycles. The molecular formula is C24H26FN3O3. The summed E-state index contributed by atoms with van der Waals surface area (Å²) in [7, 11) is 3.73. The van der Waals surface area contributed by atoms with Crippen molar-refractivity contribution >= 4 is 5.91 Å². The van der Waals surface area contributed by atoms with E-state index in [2.05, 4.69) is 17.1 Å². The van der Waals surface area contributed by atoms with E-state index in [0.29, 0.717) is 17.8 Å². The summed E-state index contributed by atoms with van der Waals surface area (Å²) in [5.41, 5.74) is 2.23. The first kappa shape index (κ1) is 21.1. The molecule has 1 amide bonds. The maximum Gasteiger partial charge on any atom is 0.293 e. The molecular weight excluding hydrogens is 397 g/mol. The van der Waals surface area contributed by atoms with Crippen LogP contribution in [0, 0.1) is 5.82 Å². The van der Waals surface area contributed by atoms with Gasteiger partial charge >= 0.3 is 0 Å². The minimum absolute atomic E-state index is 0.116. The molecule has 3 aromatic rings. The van der Waals surface area contributed by atoms with Crippen LogP contribution in [0.15, 0.2) is 59.1 Å². The summed E-state index contributed by atoms with van der Waals surface area (Å²) in [4.78, 5) is 17.6. The summed E-state index contributed by atoms with van der Waals surface area (Å²) in [5.74, 6) is 0.453. The number of hydrogen-bond acceptors (Lipinski definition) is 5. The number of nitrogens with zero attached hydrogens (tertiary/aromatic N) is 3. The lowest BCUT2D eigenvalue weighted by Crippen LogP contribution is -2.46. The molecule has 0 unspecified atom stereocenters. The van der Waals surface area contributed by atoms with E-state index in [4.69, 9.17) is 9.26 Å². The molecule has 4 rings (SSSR count). The van der Waals surface area contributed by atoms with E-state index in [0.717, 1.165) is 37.2 Å². The molecule has 2 aromatic carbocycles. The molecule has 1 saturated heterocycles. The second-order valence-electron chi connectivity index (χ2n) is 7.90. The number of benzene rings is 2. The molecule has 0 atom stereocenters. The number of ether oxygens (including phenoxy) is 1. The van der Waals surface area contributed by atoms with E-state index in [-0.39, 0.29) is 23.5 Å². The van der Waals surface area contributed by atoms with Crippen molar-refractivity contribution in [1.29, 1.82) is 0 Å². The Labute approximate surface area is 181 Å². The standard InChI is InChI=1S/C24H26FN3O3/c1-27-13-11-20(12-14-27)28(16-17-3-9-21(30-2)10-4-17)24(29)23-15-22(26-31-23)18-5-7-19(25)8-6-18/h3-10,15,20H,11-14,16H2,1-2H3.